The fourth-order valence-electron chi connectivity index (χ4n) is 2.02. The van der Waals surface area contributed by atoms with E-state index < -0.39 is 0 Å². The van der Waals surface area contributed by atoms with E-state index >= 15 is 0 Å². The average Bonchev–Trinajstić information content (AvgIpc) is 2.74. The summed E-state index contributed by atoms with van der Waals surface area (Å²) in [6.45, 7) is 3.92. The minimum atomic E-state index is -0.153. The predicted octanol–water partition coefficient (Wildman–Crippen LogP) is 3.61. The SMILES string of the molecule is Cc1sc2ncn(/N=C/c3cccc(Cl)c3)c(=O)c2c1C. The van der Waals surface area contributed by atoms with E-state index in [-0.39, 0.29) is 5.56 Å². The van der Waals surface area contributed by atoms with Gasteiger partial charge in [0.05, 0.1) is 11.6 Å². The summed E-state index contributed by atoms with van der Waals surface area (Å²) in [5.74, 6) is 0. The average molecular weight is 318 g/mol. The van der Waals surface area contributed by atoms with Gasteiger partial charge in [-0.05, 0) is 37.1 Å². The first-order valence-electron chi connectivity index (χ1n) is 6.33. The molecule has 0 aliphatic heterocycles. The van der Waals surface area contributed by atoms with E-state index in [1.807, 2.05) is 26.0 Å². The van der Waals surface area contributed by atoms with E-state index in [1.165, 1.54) is 22.3 Å². The lowest BCUT2D eigenvalue weighted by molar-refractivity contribution is 0.818. The fraction of sp³-hybridized carbons (Fsp3) is 0.133. The van der Waals surface area contributed by atoms with Crippen LogP contribution in [0.2, 0.25) is 5.02 Å². The van der Waals surface area contributed by atoms with E-state index in [2.05, 4.69) is 10.1 Å². The molecule has 2 heterocycles. The third-order valence-corrected chi connectivity index (χ3v) is 4.60. The third-order valence-electron chi connectivity index (χ3n) is 3.25. The number of fused-ring (bicyclic) bond motifs is 1. The van der Waals surface area contributed by atoms with Crippen LogP contribution >= 0.6 is 22.9 Å². The maximum Gasteiger partial charge on any atom is 0.282 e. The summed E-state index contributed by atoms with van der Waals surface area (Å²) in [5, 5.41) is 5.45. The van der Waals surface area contributed by atoms with Crippen molar-refractivity contribution in [1.29, 1.82) is 0 Å². The highest BCUT2D eigenvalue weighted by Crippen LogP contribution is 2.25. The Bertz CT molecular complexity index is 911. The van der Waals surface area contributed by atoms with Crippen molar-refractivity contribution in [3.8, 4) is 0 Å². The molecule has 0 amide bonds. The number of nitrogens with zero attached hydrogens (tertiary/aromatic N) is 3. The Morgan fingerprint density at radius 3 is 2.95 bits per heavy atom. The molecular weight excluding hydrogens is 306 g/mol. The van der Waals surface area contributed by atoms with Crippen molar-refractivity contribution in [2.75, 3.05) is 0 Å². The Morgan fingerprint density at radius 2 is 2.19 bits per heavy atom. The Labute approximate surface area is 130 Å². The minimum Gasteiger partial charge on any atom is -0.267 e. The summed E-state index contributed by atoms with van der Waals surface area (Å²) in [5.41, 5.74) is 1.65. The second-order valence-electron chi connectivity index (χ2n) is 4.66. The molecule has 0 unspecified atom stereocenters. The monoisotopic (exact) mass is 317 g/mol. The smallest absolute Gasteiger partial charge is 0.267 e. The molecule has 0 aliphatic rings. The minimum absolute atomic E-state index is 0.153. The van der Waals surface area contributed by atoms with E-state index in [9.17, 15) is 4.79 Å². The fourth-order valence-corrected chi connectivity index (χ4v) is 3.21. The molecule has 0 fully saturated rings. The van der Waals surface area contributed by atoms with Crippen molar-refractivity contribution in [3.05, 3.63) is 62.0 Å². The van der Waals surface area contributed by atoms with Gasteiger partial charge < -0.3 is 0 Å². The zero-order chi connectivity index (χ0) is 15.0. The van der Waals surface area contributed by atoms with Crippen molar-refractivity contribution in [3.63, 3.8) is 0 Å². The van der Waals surface area contributed by atoms with Gasteiger partial charge in [0, 0.05) is 9.90 Å². The maximum atomic E-state index is 12.4. The second-order valence-corrected chi connectivity index (χ2v) is 6.30. The van der Waals surface area contributed by atoms with Crippen LogP contribution in [-0.2, 0) is 0 Å². The van der Waals surface area contributed by atoms with Gasteiger partial charge >= 0.3 is 0 Å². The lowest BCUT2D eigenvalue weighted by Gasteiger charge is -1.98. The molecule has 21 heavy (non-hydrogen) atoms. The van der Waals surface area contributed by atoms with E-state index in [1.54, 1.807) is 18.3 Å². The van der Waals surface area contributed by atoms with Crippen molar-refractivity contribution >= 4 is 39.4 Å². The molecule has 6 heteroatoms. The molecule has 0 saturated heterocycles. The summed E-state index contributed by atoms with van der Waals surface area (Å²) in [6, 6.07) is 7.27. The van der Waals surface area contributed by atoms with Crippen LogP contribution < -0.4 is 5.56 Å². The van der Waals surface area contributed by atoms with Crippen LogP contribution in [0, 0.1) is 13.8 Å². The van der Waals surface area contributed by atoms with Gasteiger partial charge in [0.1, 0.15) is 11.2 Å². The predicted molar refractivity (Wildman–Crippen MR) is 87.8 cm³/mol. The van der Waals surface area contributed by atoms with E-state index in [0.717, 1.165) is 20.8 Å². The van der Waals surface area contributed by atoms with Gasteiger partial charge in [-0.15, -0.1) is 11.3 Å². The molecule has 0 spiro atoms. The molecule has 0 atom stereocenters. The number of halogens is 1. The highest BCUT2D eigenvalue weighted by Gasteiger charge is 2.11. The standard InChI is InChI=1S/C15H12ClN3OS/c1-9-10(2)21-14-13(9)15(20)19(8-17-14)18-7-11-4-3-5-12(16)6-11/h3-8H,1-2H3/b18-7+. The number of aromatic nitrogens is 2. The third kappa shape index (κ3) is 2.62. The molecule has 0 N–H and O–H groups in total. The van der Waals surface area contributed by atoms with Gasteiger partial charge in [-0.25, -0.2) is 4.98 Å². The van der Waals surface area contributed by atoms with Crippen LogP contribution in [0.5, 0.6) is 0 Å². The molecule has 106 valence electrons. The van der Waals surface area contributed by atoms with Gasteiger partial charge in [-0.2, -0.15) is 9.78 Å². The van der Waals surface area contributed by atoms with Crippen LogP contribution in [0.1, 0.15) is 16.0 Å². The summed E-state index contributed by atoms with van der Waals surface area (Å²) >= 11 is 7.44. The molecule has 4 nitrogen and oxygen atoms in total. The highest BCUT2D eigenvalue weighted by atomic mass is 35.5. The number of hydrogen-bond donors (Lipinski definition) is 0. The van der Waals surface area contributed by atoms with Crippen LogP contribution in [0.25, 0.3) is 10.2 Å². The van der Waals surface area contributed by atoms with Crippen LogP contribution in [0.3, 0.4) is 0 Å². The Balaban J connectivity index is 2.07. The van der Waals surface area contributed by atoms with Crippen LogP contribution in [0.15, 0.2) is 40.5 Å². The second kappa shape index (κ2) is 5.42. The zero-order valence-electron chi connectivity index (χ0n) is 11.5. The van der Waals surface area contributed by atoms with Crippen molar-refractivity contribution in [2.24, 2.45) is 5.10 Å². The largest absolute Gasteiger partial charge is 0.282 e. The van der Waals surface area contributed by atoms with Crippen molar-refractivity contribution in [1.82, 2.24) is 9.66 Å². The number of rotatable bonds is 2. The molecular formula is C15H12ClN3OS. The van der Waals surface area contributed by atoms with Gasteiger partial charge in [0.2, 0.25) is 0 Å². The normalized spacial score (nSPS) is 11.6. The first-order chi connectivity index (χ1) is 10.1. The molecule has 0 bridgehead atoms. The number of benzene rings is 1. The van der Waals surface area contributed by atoms with Gasteiger partial charge in [0.25, 0.3) is 5.56 Å². The summed E-state index contributed by atoms with van der Waals surface area (Å²) in [7, 11) is 0. The Kier molecular flexibility index (Phi) is 3.61. The van der Waals surface area contributed by atoms with E-state index in [4.69, 9.17) is 11.6 Å². The number of aryl methyl sites for hydroxylation is 2. The summed E-state index contributed by atoms with van der Waals surface area (Å²) < 4.78 is 1.25. The lowest BCUT2D eigenvalue weighted by Crippen LogP contribution is -2.16. The number of thiophene rings is 1. The molecule has 2 aromatic heterocycles. The molecule has 3 rings (SSSR count). The topological polar surface area (TPSA) is 47.2 Å². The van der Waals surface area contributed by atoms with Gasteiger partial charge in [0.15, 0.2) is 0 Å². The highest BCUT2D eigenvalue weighted by molar-refractivity contribution is 7.18. The first kappa shape index (κ1) is 14.0. The molecule has 0 saturated carbocycles. The molecule has 1 aromatic carbocycles. The van der Waals surface area contributed by atoms with Crippen molar-refractivity contribution in [2.45, 2.75) is 13.8 Å². The first-order valence-corrected chi connectivity index (χ1v) is 7.53. The Morgan fingerprint density at radius 1 is 1.38 bits per heavy atom. The summed E-state index contributed by atoms with van der Waals surface area (Å²) in [6.07, 6.45) is 3.04. The molecule has 0 radical (unpaired) electrons. The molecule has 0 aliphatic carbocycles. The summed E-state index contributed by atoms with van der Waals surface area (Å²) in [4.78, 5) is 18.6. The van der Waals surface area contributed by atoms with Crippen LogP contribution in [-0.4, -0.2) is 15.9 Å². The van der Waals surface area contributed by atoms with Gasteiger partial charge in [-0.3, -0.25) is 4.79 Å². The molecule has 3 aromatic rings. The van der Waals surface area contributed by atoms with Crippen molar-refractivity contribution < 1.29 is 0 Å². The quantitative estimate of drug-likeness (QED) is 0.678. The lowest BCUT2D eigenvalue weighted by atomic mass is 10.2. The van der Waals surface area contributed by atoms with Gasteiger partial charge in [-0.1, -0.05) is 23.7 Å². The zero-order valence-corrected chi connectivity index (χ0v) is 13.1. The number of hydrogen-bond acceptors (Lipinski definition) is 4. The Hall–Kier alpha value is -1.98. The maximum absolute atomic E-state index is 12.4. The van der Waals surface area contributed by atoms with Crippen LogP contribution in [0.4, 0.5) is 0 Å². The van der Waals surface area contributed by atoms with E-state index in [0.29, 0.717) is 10.4 Å².